The molecule has 5 nitrogen and oxygen atoms in total. The minimum atomic E-state index is -0.839. The molecule has 0 aromatic heterocycles. The second-order valence-corrected chi connectivity index (χ2v) is 5.45. The predicted octanol–water partition coefficient (Wildman–Crippen LogP) is 3.43. The van der Waals surface area contributed by atoms with Crippen LogP contribution >= 0.6 is 0 Å². The van der Waals surface area contributed by atoms with Crippen molar-refractivity contribution in [3.05, 3.63) is 29.8 Å². The Bertz CT molecular complexity index is 486. The number of nitrogens with one attached hydrogen (secondary N) is 2. The second-order valence-electron chi connectivity index (χ2n) is 5.45. The second kappa shape index (κ2) is 8.29. The maximum absolute atomic E-state index is 11.9. The number of amides is 2. The predicted molar refractivity (Wildman–Crippen MR) is 83.6 cm³/mol. The van der Waals surface area contributed by atoms with Gasteiger partial charge in [0.05, 0.1) is 0 Å². The third kappa shape index (κ3) is 5.85. The molecule has 0 saturated heterocycles. The van der Waals surface area contributed by atoms with Crippen LogP contribution in [0.1, 0.15) is 45.1 Å². The van der Waals surface area contributed by atoms with Gasteiger partial charge in [-0.2, -0.15) is 0 Å². The normalized spacial score (nSPS) is 12.0. The molecular formula is C16H24N2O3. The summed E-state index contributed by atoms with van der Waals surface area (Å²) in [6, 6.07) is 7.37. The average Bonchev–Trinajstić information content (AvgIpc) is 2.43. The van der Waals surface area contributed by atoms with Crippen molar-refractivity contribution in [1.82, 2.24) is 5.32 Å². The van der Waals surface area contributed by atoms with Crippen LogP contribution in [0.3, 0.4) is 0 Å². The molecule has 1 atom stereocenters. The van der Waals surface area contributed by atoms with Crippen molar-refractivity contribution in [2.75, 3.05) is 11.9 Å². The van der Waals surface area contributed by atoms with Crippen molar-refractivity contribution in [2.24, 2.45) is 5.92 Å². The van der Waals surface area contributed by atoms with Crippen molar-refractivity contribution in [2.45, 2.75) is 39.5 Å². The minimum Gasteiger partial charge on any atom is -0.481 e. The third-order valence-electron chi connectivity index (χ3n) is 3.42. The molecular weight excluding hydrogens is 268 g/mol. The van der Waals surface area contributed by atoms with E-state index in [1.165, 1.54) is 0 Å². The summed E-state index contributed by atoms with van der Waals surface area (Å²) in [5.41, 5.74) is 1.86. The Hall–Kier alpha value is -2.04. The molecule has 1 aromatic carbocycles. The standard InChI is InChI=1S/C16H24N2O3/c1-4-12(9-15(19)20)10-17-16(21)18-14-8-6-5-7-13(14)11(2)3/h5-8,11-12H,4,9-10H2,1-3H3,(H,19,20)(H2,17,18,21). The lowest BCUT2D eigenvalue weighted by Crippen LogP contribution is -2.34. The van der Waals surface area contributed by atoms with Crippen molar-refractivity contribution in [1.29, 1.82) is 0 Å². The molecule has 0 fully saturated rings. The van der Waals surface area contributed by atoms with E-state index < -0.39 is 5.97 Å². The lowest BCUT2D eigenvalue weighted by molar-refractivity contribution is -0.138. The van der Waals surface area contributed by atoms with E-state index in [1.54, 1.807) is 0 Å². The topological polar surface area (TPSA) is 78.4 Å². The Labute approximate surface area is 125 Å². The molecule has 0 saturated carbocycles. The van der Waals surface area contributed by atoms with Crippen LogP contribution in [0, 0.1) is 5.92 Å². The molecule has 1 unspecified atom stereocenters. The molecule has 21 heavy (non-hydrogen) atoms. The number of carboxylic acids is 1. The zero-order valence-corrected chi connectivity index (χ0v) is 12.8. The number of carbonyl (C=O) groups excluding carboxylic acids is 1. The summed E-state index contributed by atoms with van der Waals surface area (Å²) in [6.07, 6.45) is 0.786. The van der Waals surface area contributed by atoms with E-state index in [9.17, 15) is 9.59 Å². The van der Waals surface area contributed by atoms with Gasteiger partial charge in [-0.15, -0.1) is 0 Å². The van der Waals surface area contributed by atoms with Gasteiger partial charge < -0.3 is 15.7 Å². The molecule has 0 aliphatic rings. The van der Waals surface area contributed by atoms with Crippen molar-refractivity contribution in [3.8, 4) is 0 Å². The first-order valence-electron chi connectivity index (χ1n) is 7.29. The summed E-state index contributed by atoms with van der Waals surface area (Å²) in [5.74, 6) is -0.570. The first-order valence-corrected chi connectivity index (χ1v) is 7.29. The highest BCUT2D eigenvalue weighted by Gasteiger charge is 2.13. The summed E-state index contributed by atoms with van der Waals surface area (Å²) in [6.45, 7) is 6.41. The van der Waals surface area contributed by atoms with Gasteiger partial charge in [0.25, 0.3) is 0 Å². The minimum absolute atomic E-state index is 0.0476. The van der Waals surface area contributed by atoms with E-state index in [-0.39, 0.29) is 18.4 Å². The lowest BCUT2D eigenvalue weighted by atomic mass is 10.0. The number of para-hydroxylation sites is 1. The average molecular weight is 292 g/mol. The Kier molecular flexibility index (Phi) is 6.72. The number of carbonyl (C=O) groups is 2. The zero-order chi connectivity index (χ0) is 15.8. The van der Waals surface area contributed by atoms with Crippen LogP contribution in [0.25, 0.3) is 0 Å². The van der Waals surface area contributed by atoms with E-state index in [1.807, 2.05) is 31.2 Å². The number of anilines is 1. The van der Waals surface area contributed by atoms with Gasteiger partial charge in [0.15, 0.2) is 0 Å². The fourth-order valence-electron chi connectivity index (χ4n) is 2.13. The fourth-order valence-corrected chi connectivity index (χ4v) is 2.13. The lowest BCUT2D eigenvalue weighted by Gasteiger charge is -2.16. The first-order chi connectivity index (χ1) is 9.93. The molecule has 0 bridgehead atoms. The van der Waals surface area contributed by atoms with Gasteiger partial charge in [-0.05, 0) is 23.5 Å². The molecule has 0 aliphatic carbocycles. The fraction of sp³-hybridized carbons (Fsp3) is 0.500. The smallest absolute Gasteiger partial charge is 0.319 e. The molecule has 1 aromatic rings. The Morgan fingerprint density at radius 3 is 2.48 bits per heavy atom. The monoisotopic (exact) mass is 292 g/mol. The molecule has 0 radical (unpaired) electrons. The molecule has 5 heteroatoms. The number of aliphatic carboxylic acids is 1. The van der Waals surface area contributed by atoms with Gasteiger partial charge in [0.1, 0.15) is 0 Å². The Morgan fingerprint density at radius 1 is 1.24 bits per heavy atom. The first kappa shape index (κ1) is 17.0. The highest BCUT2D eigenvalue weighted by molar-refractivity contribution is 5.90. The number of hydrogen-bond donors (Lipinski definition) is 3. The van der Waals surface area contributed by atoms with Crippen molar-refractivity contribution in [3.63, 3.8) is 0 Å². The highest BCUT2D eigenvalue weighted by Crippen LogP contribution is 2.23. The summed E-state index contributed by atoms with van der Waals surface area (Å²) >= 11 is 0. The van der Waals surface area contributed by atoms with Gasteiger partial charge in [0, 0.05) is 18.7 Å². The van der Waals surface area contributed by atoms with Crippen LogP contribution in [0.5, 0.6) is 0 Å². The maximum Gasteiger partial charge on any atom is 0.319 e. The van der Waals surface area contributed by atoms with Gasteiger partial charge >= 0.3 is 12.0 Å². The zero-order valence-electron chi connectivity index (χ0n) is 12.8. The molecule has 3 N–H and O–H groups in total. The highest BCUT2D eigenvalue weighted by atomic mass is 16.4. The number of hydrogen-bond acceptors (Lipinski definition) is 2. The number of benzene rings is 1. The van der Waals surface area contributed by atoms with E-state index in [0.717, 1.165) is 17.7 Å². The van der Waals surface area contributed by atoms with E-state index in [4.69, 9.17) is 5.11 Å². The number of rotatable bonds is 7. The molecule has 0 spiro atoms. The van der Waals surface area contributed by atoms with E-state index >= 15 is 0 Å². The molecule has 1 rings (SSSR count). The SMILES string of the molecule is CCC(CNC(=O)Nc1ccccc1C(C)C)CC(=O)O. The summed E-state index contributed by atoms with van der Waals surface area (Å²) in [7, 11) is 0. The van der Waals surface area contributed by atoms with Crippen LogP contribution < -0.4 is 10.6 Å². The van der Waals surface area contributed by atoms with Crippen LogP contribution in [0.2, 0.25) is 0 Å². The molecule has 116 valence electrons. The quantitative estimate of drug-likeness (QED) is 0.720. The third-order valence-corrected chi connectivity index (χ3v) is 3.42. The molecule has 2 amide bonds. The van der Waals surface area contributed by atoms with Gasteiger partial charge in [-0.1, -0.05) is 45.4 Å². The molecule has 0 aliphatic heterocycles. The molecule has 0 heterocycles. The summed E-state index contributed by atoms with van der Waals surface area (Å²) in [5, 5.41) is 14.4. The van der Waals surface area contributed by atoms with Gasteiger partial charge in [-0.25, -0.2) is 4.79 Å². The van der Waals surface area contributed by atoms with E-state index in [0.29, 0.717) is 12.5 Å². The van der Waals surface area contributed by atoms with Crippen LogP contribution in [0.4, 0.5) is 10.5 Å². The Morgan fingerprint density at radius 2 is 1.90 bits per heavy atom. The van der Waals surface area contributed by atoms with Crippen LogP contribution in [-0.4, -0.2) is 23.7 Å². The van der Waals surface area contributed by atoms with Crippen molar-refractivity contribution < 1.29 is 14.7 Å². The maximum atomic E-state index is 11.9. The summed E-state index contributed by atoms with van der Waals surface area (Å²) in [4.78, 5) is 22.6. The summed E-state index contributed by atoms with van der Waals surface area (Å²) < 4.78 is 0. The number of urea groups is 1. The van der Waals surface area contributed by atoms with Crippen LogP contribution in [-0.2, 0) is 4.79 Å². The number of carboxylic acid groups (broad SMARTS) is 1. The Balaban J connectivity index is 2.56. The van der Waals surface area contributed by atoms with Gasteiger partial charge in [0.2, 0.25) is 0 Å². The van der Waals surface area contributed by atoms with E-state index in [2.05, 4.69) is 24.5 Å². The largest absolute Gasteiger partial charge is 0.481 e. The van der Waals surface area contributed by atoms with Gasteiger partial charge in [-0.3, -0.25) is 4.79 Å². The van der Waals surface area contributed by atoms with Crippen LogP contribution in [0.15, 0.2) is 24.3 Å². The van der Waals surface area contributed by atoms with Crippen molar-refractivity contribution >= 4 is 17.7 Å².